The molecule has 1 aromatic carbocycles. The second-order valence-electron chi connectivity index (χ2n) is 6.06. The molecule has 2 aliphatic rings. The smallest absolute Gasteiger partial charge is 0.119 e. The van der Waals surface area contributed by atoms with Crippen molar-refractivity contribution >= 4 is 11.6 Å². The molecule has 1 aromatic rings. The first-order valence-electron chi connectivity index (χ1n) is 7.92. The van der Waals surface area contributed by atoms with E-state index in [0.29, 0.717) is 12.1 Å². The molecular weight excluding hydrogens is 256 g/mol. The molecule has 0 aromatic heterocycles. The molecule has 0 amide bonds. The first-order chi connectivity index (χ1) is 9.76. The highest BCUT2D eigenvalue weighted by Crippen LogP contribution is 2.29. The maximum Gasteiger partial charge on any atom is 0.119 e. The van der Waals surface area contributed by atoms with Gasteiger partial charge < -0.3 is 5.73 Å². The van der Waals surface area contributed by atoms with Crippen molar-refractivity contribution in [2.75, 3.05) is 13.1 Å². The molecule has 0 bridgehead atoms. The summed E-state index contributed by atoms with van der Waals surface area (Å²) in [4.78, 5) is 2.59. The van der Waals surface area contributed by atoms with Gasteiger partial charge in [-0.2, -0.15) is 0 Å². The number of benzene rings is 1. The first-order valence-corrected chi connectivity index (χ1v) is 7.80. The SMILES string of the molecule is [2H]N[C@@H]1CC[C@@H]1N1CCC(Cc2ccc(Cl)cc2)CC1. The highest BCUT2D eigenvalue weighted by molar-refractivity contribution is 6.30. The van der Waals surface area contributed by atoms with Crippen LogP contribution < -0.4 is 5.73 Å². The van der Waals surface area contributed by atoms with Crippen molar-refractivity contribution in [1.29, 1.82) is 0 Å². The Morgan fingerprint density at radius 2 is 1.89 bits per heavy atom. The molecule has 2 nitrogen and oxygen atoms in total. The summed E-state index contributed by atoms with van der Waals surface area (Å²) in [6.45, 7) is 2.39. The summed E-state index contributed by atoms with van der Waals surface area (Å²) in [6.07, 6.45) is 6.17. The fourth-order valence-corrected chi connectivity index (χ4v) is 3.49. The molecule has 19 heavy (non-hydrogen) atoms. The minimum Gasteiger partial charge on any atom is -0.326 e. The van der Waals surface area contributed by atoms with Gasteiger partial charge in [-0.3, -0.25) is 4.90 Å². The van der Waals surface area contributed by atoms with E-state index >= 15 is 0 Å². The standard InChI is InChI=1S/C16H23ClN2/c17-14-3-1-12(2-4-14)11-13-7-9-19(10-8-13)16-6-5-15(16)18/h1-4,13,15-16H,5-11,18H2/t15-,16+/m1/s1/i/hD. The van der Waals surface area contributed by atoms with Crippen LogP contribution in [0.3, 0.4) is 0 Å². The van der Waals surface area contributed by atoms with Gasteiger partial charge in [0.1, 0.15) is 1.41 Å². The third kappa shape index (κ3) is 3.13. The van der Waals surface area contributed by atoms with Crippen molar-refractivity contribution in [2.45, 2.75) is 44.2 Å². The Bertz CT molecular complexity index is 427. The molecule has 1 heterocycles. The fourth-order valence-electron chi connectivity index (χ4n) is 3.36. The molecule has 0 radical (unpaired) electrons. The lowest BCUT2D eigenvalue weighted by molar-refractivity contribution is 0.0676. The van der Waals surface area contributed by atoms with Gasteiger partial charge in [0.25, 0.3) is 0 Å². The summed E-state index contributed by atoms with van der Waals surface area (Å²) < 4.78 is 7.33. The van der Waals surface area contributed by atoms with E-state index in [1.54, 1.807) is 0 Å². The molecule has 1 saturated heterocycles. The summed E-state index contributed by atoms with van der Waals surface area (Å²) in [7, 11) is 0. The van der Waals surface area contributed by atoms with E-state index in [1.807, 2.05) is 12.1 Å². The van der Waals surface area contributed by atoms with Gasteiger partial charge >= 0.3 is 0 Å². The summed E-state index contributed by atoms with van der Waals surface area (Å²) in [6, 6.07) is 9.31. The molecule has 1 saturated carbocycles. The number of hydrogen-bond donors (Lipinski definition) is 1. The Hall–Kier alpha value is -0.570. The minimum atomic E-state index is 0.405. The van der Waals surface area contributed by atoms with Gasteiger partial charge in [0.15, 0.2) is 0 Å². The van der Waals surface area contributed by atoms with Crippen LogP contribution in [0.25, 0.3) is 0 Å². The maximum atomic E-state index is 7.33. The Labute approximate surface area is 122 Å². The molecule has 3 rings (SSSR count). The van der Waals surface area contributed by atoms with Crippen molar-refractivity contribution in [3.05, 3.63) is 34.9 Å². The second kappa shape index (κ2) is 5.82. The van der Waals surface area contributed by atoms with Crippen LogP contribution in [-0.4, -0.2) is 30.1 Å². The molecule has 0 spiro atoms. The molecule has 2 atom stereocenters. The van der Waals surface area contributed by atoms with Gasteiger partial charge in [-0.1, -0.05) is 23.7 Å². The number of piperidine rings is 1. The van der Waals surface area contributed by atoms with Crippen LogP contribution in [0, 0.1) is 5.92 Å². The van der Waals surface area contributed by atoms with Crippen LogP contribution in [0.1, 0.15) is 31.2 Å². The van der Waals surface area contributed by atoms with Gasteiger partial charge in [0, 0.05) is 17.1 Å². The topological polar surface area (TPSA) is 29.3 Å². The Balaban J connectivity index is 1.47. The number of rotatable bonds is 4. The average molecular weight is 280 g/mol. The van der Waals surface area contributed by atoms with Gasteiger partial charge in [-0.15, -0.1) is 0 Å². The van der Waals surface area contributed by atoms with E-state index in [1.165, 1.54) is 50.8 Å². The monoisotopic (exact) mass is 279 g/mol. The zero-order valence-electron chi connectivity index (χ0n) is 12.3. The van der Waals surface area contributed by atoms with Gasteiger partial charge in [-0.05, 0) is 68.8 Å². The third-order valence-electron chi connectivity index (χ3n) is 4.79. The van der Waals surface area contributed by atoms with E-state index in [0.717, 1.165) is 10.9 Å². The Kier molecular flexibility index (Phi) is 3.74. The molecule has 1 aliphatic carbocycles. The maximum absolute atomic E-state index is 7.33. The predicted octanol–water partition coefficient (Wildman–Crippen LogP) is 3.08. The Morgan fingerprint density at radius 1 is 1.16 bits per heavy atom. The number of halogens is 1. The molecule has 104 valence electrons. The summed E-state index contributed by atoms with van der Waals surface area (Å²) in [5, 5.41) is 0.822. The summed E-state index contributed by atoms with van der Waals surface area (Å²) >= 11 is 5.93. The van der Waals surface area contributed by atoms with E-state index < -0.39 is 0 Å². The zero-order chi connectivity index (χ0) is 13.9. The molecule has 0 unspecified atom stereocenters. The fraction of sp³-hybridized carbons (Fsp3) is 0.625. The molecule has 2 fully saturated rings. The van der Waals surface area contributed by atoms with Crippen molar-refractivity contribution in [3.8, 4) is 0 Å². The number of nitrogens with two attached hydrogens (primary N) is 1. The highest BCUT2D eigenvalue weighted by atomic mass is 35.5. The van der Waals surface area contributed by atoms with Crippen molar-refractivity contribution in [1.82, 2.24) is 4.90 Å². The van der Waals surface area contributed by atoms with Crippen molar-refractivity contribution in [3.63, 3.8) is 0 Å². The Morgan fingerprint density at radius 3 is 2.47 bits per heavy atom. The molecular formula is C16H23ClN2. The lowest BCUT2D eigenvalue weighted by Gasteiger charge is -2.45. The van der Waals surface area contributed by atoms with E-state index in [9.17, 15) is 0 Å². The largest absolute Gasteiger partial charge is 0.326 e. The first kappa shape index (κ1) is 12.2. The normalized spacial score (nSPS) is 29.8. The number of nitrogens with zero attached hydrogens (tertiary/aromatic N) is 1. The minimum absolute atomic E-state index is 0.405. The van der Waals surface area contributed by atoms with Crippen molar-refractivity contribution in [2.24, 2.45) is 11.6 Å². The average Bonchev–Trinajstić information content (AvgIpc) is 2.43. The van der Waals surface area contributed by atoms with Crippen LogP contribution in [0.5, 0.6) is 0 Å². The van der Waals surface area contributed by atoms with E-state index in [2.05, 4.69) is 22.8 Å². The number of hydrogen-bond acceptors (Lipinski definition) is 2. The quantitative estimate of drug-likeness (QED) is 0.918. The van der Waals surface area contributed by atoms with Crippen LogP contribution in [-0.2, 0) is 6.42 Å². The number of likely N-dealkylation sites (tertiary alicyclic amines) is 1. The van der Waals surface area contributed by atoms with Gasteiger partial charge in [0.05, 0.1) is 0 Å². The lowest BCUT2D eigenvalue weighted by Crippen LogP contribution is -2.56. The molecule has 1 aliphatic heterocycles. The van der Waals surface area contributed by atoms with Crippen molar-refractivity contribution < 1.29 is 1.41 Å². The van der Waals surface area contributed by atoms with Crippen LogP contribution >= 0.6 is 11.6 Å². The highest BCUT2D eigenvalue weighted by Gasteiger charge is 2.34. The third-order valence-corrected chi connectivity index (χ3v) is 5.05. The molecule has 2 N–H and O–H groups in total. The van der Waals surface area contributed by atoms with Gasteiger partial charge in [-0.25, -0.2) is 0 Å². The summed E-state index contributed by atoms with van der Waals surface area (Å²) in [5.74, 6) is 0.801. The van der Waals surface area contributed by atoms with E-state index in [-0.39, 0.29) is 0 Å². The van der Waals surface area contributed by atoms with Crippen LogP contribution in [0.4, 0.5) is 0 Å². The zero-order valence-corrected chi connectivity index (χ0v) is 12.1. The van der Waals surface area contributed by atoms with E-state index in [4.69, 9.17) is 13.0 Å². The second-order valence-corrected chi connectivity index (χ2v) is 6.50. The van der Waals surface area contributed by atoms with Crippen LogP contribution in [0.2, 0.25) is 6.43 Å². The predicted molar refractivity (Wildman–Crippen MR) is 80.5 cm³/mol. The lowest BCUT2D eigenvalue weighted by atomic mass is 9.82. The van der Waals surface area contributed by atoms with Crippen LogP contribution in [0.15, 0.2) is 24.3 Å². The summed E-state index contributed by atoms with van der Waals surface area (Å²) in [5.41, 5.74) is 4.11. The van der Waals surface area contributed by atoms with Gasteiger partial charge in [0.2, 0.25) is 0 Å². The molecule has 3 heteroatoms.